The molecule has 0 radical (unpaired) electrons. The van der Waals surface area contributed by atoms with Crippen LogP contribution in [0.2, 0.25) is 0 Å². The van der Waals surface area contributed by atoms with Gasteiger partial charge in [-0.2, -0.15) is 0 Å². The number of urea groups is 1. The molecule has 0 bridgehead atoms. The third-order valence-corrected chi connectivity index (χ3v) is 4.82. The molecule has 3 N–H and O–H groups in total. The van der Waals surface area contributed by atoms with Crippen LogP contribution in [0.3, 0.4) is 0 Å². The first-order valence-electron chi connectivity index (χ1n) is 9.84. The van der Waals surface area contributed by atoms with Crippen LogP contribution in [0.25, 0.3) is 11.3 Å². The van der Waals surface area contributed by atoms with Crippen LogP contribution in [0.5, 0.6) is 0 Å². The van der Waals surface area contributed by atoms with E-state index in [2.05, 4.69) is 20.9 Å². The zero-order chi connectivity index (χ0) is 19.9. The molecular weight excluding hydrogens is 358 g/mol. The first kappa shape index (κ1) is 20.3. The molecule has 1 aliphatic rings. The Balaban J connectivity index is 1.49. The van der Waals surface area contributed by atoms with E-state index in [9.17, 15) is 9.90 Å². The molecule has 0 aliphatic carbocycles. The van der Waals surface area contributed by atoms with Crippen molar-refractivity contribution in [3.05, 3.63) is 36.5 Å². The van der Waals surface area contributed by atoms with Crippen molar-refractivity contribution in [3.63, 3.8) is 0 Å². The number of hydrogen-bond donors (Lipinski definition) is 3. The normalized spacial score (nSPS) is 22.2. The number of aliphatic hydroxyl groups excluding tert-OH is 1. The van der Waals surface area contributed by atoms with Crippen molar-refractivity contribution in [2.45, 2.75) is 63.9 Å². The monoisotopic (exact) mass is 387 g/mol. The standard InChI is InChI=1S/C20H29N5O3/c1-14(2)21-20(27)22-17-9-8-16(28-19(17)13-26)10-11-25-12-18(23-24-25)15-6-4-3-5-7-15/h3-7,12,14,16-17,19,26H,8-11,13H2,1-2H3,(H2,21,22,27)/t16-,17+,19+/m0/s1. The van der Waals surface area contributed by atoms with Crippen molar-refractivity contribution in [1.29, 1.82) is 0 Å². The first-order chi connectivity index (χ1) is 13.5. The topological polar surface area (TPSA) is 101 Å². The second kappa shape index (κ2) is 9.66. The molecule has 1 fully saturated rings. The second-order valence-corrected chi connectivity index (χ2v) is 7.46. The highest BCUT2D eigenvalue weighted by Gasteiger charge is 2.31. The van der Waals surface area contributed by atoms with Gasteiger partial charge in [0.15, 0.2) is 0 Å². The van der Waals surface area contributed by atoms with E-state index < -0.39 is 6.10 Å². The lowest BCUT2D eigenvalue weighted by molar-refractivity contribution is -0.0908. The molecular formula is C20H29N5O3. The van der Waals surface area contributed by atoms with E-state index in [1.807, 2.05) is 55.1 Å². The molecule has 2 amide bonds. The lowest BCUT2D eigenvalue weighted by Crippen LogP contribution is -2.54. The molecule has 3 atom stereocenters. The number of amides is 2. The lowest BCUT2D eigenvalue weighted by atomic mass is 9.97. The van der Waals surface area contributed by atoms with Gasteiger partial charge in [-0.1, -0.05) is 35.5 Å². The van der Waals surface area contributed by atoms with Crippen LogP contribution in [-0.4, -0.2) is 57.0 Å². The van der Waals surface area contributed by atoms with Crippen molar-refractivity contribution in [1.82, 2.24) is 25.6 Å². The van der Waals surface area contributed by atoms with Crippen LogP contribution in [-0.2, 0) is 11.3 Å². The van der Waals surface area contributed by atoms with Crippen LogP contribution in [0.4, 0.5) is 4.79 Å². The minimum Gasteiger partial charge on any atom is -0.394 e. The summed E-state index contributed by atoms with van der Waals surface area (Å²) in [6.45, 7) is 4.38. The molecule has 1 saturated heterocycles. The maximum Gasteiger partial charge on any atom is 0.315 e. The molecule has 2 aromatic rings. The molecule has 1 aromatic heterocycles. The third-order valence-electron chi connectivity index (χ3n) is 4.82. The van der Waals surface area contributed by atoms with Gasteiger partial charge in [0.05, 0.1) is 24.9 Å². The lowest BCUT2D eigenvalue weighted by Gasteiger charge is -2.36. The highest BCUT2D eigenvalue weighted by Crippen LogP contribution is 2.23. The molecule has 0 saturated carbocycles. The zero-order valence-electron chi connectivity index (χ0n) is 16.4. The van der Waals surface area contributed by atoms with Gasteiger partial charge in [0.2, 0.25) is 0 Å². The van der Waals surface area contributed by atoms with E-state index in [4.69, 9.17) is 4.74 Å². The van der Waals surface area contributed by atoms with Gasteiger partial charge in [0, 0.05) is 18.2 Å². The fourth-order valence-electron chi connectivity index (χ4n) is 3.41. The van der Waals surface area contributed by atoms with Gasteiger partial charge in [0.1, 0.15) is 11.8 Å². The molecule has 2 heterocycles. The Labute approximate surface area is 165 Å². The molecule has 0 spiro atoms. The van der Waals surface area contributed by atoms with Crippen LogP contribution in [0, 0.1) is 0 Å². The number of ether oxygens (including phenoxy) is 1. The summed E-state index contributed by atoms with van der Waals surface area (Å²) in [6, 6.07) is 9.59. The summed E-state index contributed by atoms with van der Waals surface area (Å²) in [5, 5.41) is 23.8. The Morgan fingerprint density at radius 2 is 2.11 bits per heavy atom. The van der Waals surface area contributed by atoms with E-state index in [1.54, 1.807) is 0 Å². The molecule has 1 aliphatic heterocycles. The molecule has 28 heavy (non-hydrogen) atoms. The van der Waals surface area contributed by atoms with Crippen molar-refractivity contribution >= 4 is 6.03 Å². The summed E-state index contributed by atoms with van der Waals surface area (Å²) in [6.07, 6.45) is 3.93. The van der Waals surface area contributed by atoms with E-state index in [-0.39, 0.29) is 30.8 Å². The Morgan fingerprint density at radius 3 is 2.82 bits per heavy atom. The van der Waals surface area contributed by atoms with Crippen molar-refractivity contribution < 1.29 is 14.6 Å². The van der Waals surface area contributed by atoms with Crippen molar-refractivity contribution in [3.8, 4) is 11.3 Å². The van der Waals surface area contributed by atoms with Crippen LogP contribution >= 0.6 is 0 Å². The number of nitrogens with zero attached hydrogens (tertiary/aromatic N) is 3. The molecule has 152 valence electrons. The van der Waals surface area contributed by atoms with Crippen LogP contribution < -0.4 is 10.6 Å². The maximum absolute atomic E-state index is 11.9. The fraction of sp³-hybridized carbons (Fsp3) is 0.550. The minimum atomic E-state index is -0.396. The summed E-state index contributed by atoms with van der Waals surface area (Å²) in [5.41, 5.74) is 1.88. The van der Waals surface area contributed by atoms with Crippen molar-refractivity contribution in [2.24, 2.45) is 0 Å². The number of rotatable bonds is 7. The van der Waals surface area contributed by atoms with Gasteiger partial charge in [-0.25, -0.2) is 4.79 Å². The van der Waals surface area contributed by atoms with E-state index in [0.29, 0.717) is 6.54 Å². The molecule has 8 nitrogen and oxygen atoms in total. The van der Waals surface area contributed by atoms with E-state index >= 15 is 0 Å². The summed E-state index contributed by atoms with van der Waals surface area (Å²) >= 11 is 0. The summed E-state index contributed by atoms with van der Waals surface area (Å²) in [5.74, 6) is 0. The Morgan fingerprint density at radius 1 is 1.32 bits per heavy atom. The fourth-order valence-corrected chi connectivity index (χ4v) is 3.41. The van der Waals surface area contributed by atoms with Crippen molar-refractivity contribution in [2.75, 3.05) is 6.61 Å². The smallest absolute Gasteiger partial charge is 0.315 e. The van der Waals surface area contributed by atoms with Gasteiger partial charge in [-0.15, -0.1) is 5.10 Å². The quantitative estimate of drug-likeness (QED) is 0.674. The third kappa shape index (κ3) is 5.53. The second-order valence-electron chi connectivity index (χ2n) is 7.46. The number of carbonyl (C=O) groups excluding carboxylic acids is 1. The van der Waals surface area contributed by atoms with Crippen LogP contribution in [0.1, 0.15) is 33.1 Å². The van der Waals surface area contributed by atoms with Gasteiger partial charge < -0.3 is 20.5 Å². The van der Waals surface area contributed by atoms with Crippen LogP contribution in [0.15, 0.2) is 36.5 Å². The summed E-state index contributed by atoms with van der Waals surface area (Å²) in [4.78, 5) is 11.9. The van der Waals surface area contributed by atoms with Gasteiger partial charge in [-0.3, -0.25) is 4.68 Å². The predicted molar refractivity (Wildman–Crippen MR) is 106 cm³/mol. The highest BCUT2D eigenvalue weighted by molar-refractivity contribution is 5.74. The number of aliphatic hydroxyl groups is 1. The number of aryl methyl sites for hydroxylation is 1. The molecule has 3 rings (SSSR count). The highest BCUT2D eigenvalue weighted by atomic mass is 16.5. The summed E-state index contributed by atoms with van der Waals surface area (Å²) < 4.78 is 7.83. The minimum absolute atomic E-state index is 0.0211. The number of aromatic nitrogens is 3. The molecule has 0 unspecified atom stereocenters. The zero-order valence-corrected chi connectivity index (χ0v) is 16.4. The number of carbonyl (C=O) groups is 1. The Bertz CT molecular complexity index is 749. The first-order valence-corrected chi connectivity index (χ1v) is 9.84. The predicted octanol–water partition coefficient (Wildman–Crippen LogP) is 1.95. The number of benzene rings is 1. The van der Waals surface area contributed by atoms with E-state index in [1.165, 1.54) is 0 Å². The average molecular weight is 387 g/mol. The SMILES string of the molecule is CC(C)NC(=O)N[C@@H]1CC[C@@H](CCn2cc(-c3ccccc3)nn2)O[C@@H]1CO. The maximum atomic E-state index is 11.9. The van der Waals surface area contributed by atoms with E-state index in [0.717, 1.165) is 30.5 Å². The Hall–Kier alpha value is -2.45. The Kier molecular flexibility index (Phi) is 7.00. The largest absolute Gasteiger partial charge is 0.394 e. The average Bonchev–Trinajstić information content (AvgIpc) is 3.16. The van der Waals surface area contributed by atoms with Gasteiger partial charge >= 0.3 is 6.03 Å². The molecule has 1 aromatic carbocycles. The number of nitrogens with one attached hydrogen (secondary N) is 2. The van der Waals surface area contributed by atoms with Gasteiger partial charge in [-0.05, 0) is 33.1 Å². The molecule has 8 heteroatoms. The summed E-state index contributed by atoms with van der Waals surface area (Å²) in [7, 11) is 0. The number of hydrogen-bond acceptors (Lipinski definition) is 5. The van der Waals surface area contributed by atoms with Gasteiger partial charge in [0.25, 0.3) is 0 Å².